The lowest BCUT2D eigenvalue weighted by molar-refractivity contribution is 0.199. The second-order valence-electron chi connectivity index (χ2n) is 5.77. The zero-order valence-electron chi connectivity index (χ0n) is 11.6. The molecular weight excluding hydrogens is 282 g/mol. The van der Waals surface area contributed by atoms with Gasteiger partial charge in [0.1, 0.15) is 0 Å². The van der Waals surface area contributed by atoms with Crippen LogP contribution in [0.25, 0.3) is 0 Å². The van der Waals surface area contributed by atoms with Crippen LogP contribution in [0.1, 0.15) is 37.8 Å². The Morgan fingerprint density at radius 3 is 2.65 bits per heavy atom. The summed E-state index contributed by atoms with van der Waals surface area (Å²) in [4.78, 5) is 2.38. The Morgan fingerprint density at radius 2 is 1.90 bits per heavy atom. The standard InChI is InChI=1S/C15H20F2N2.ClH/c1-10(11-2-5-14(16)15(17)8-11)19-7-6-12-3-4-13(9-19)18-12;/h2,5,8,10,12-13,18H,3-4,6-7,9H2,1H3;1H. The molecule has 2 aliphatic rings. The van der Waals surface area contributed by atoms with Crippen LogP contribution in [-0.4, -0.2) is 30.1 Å². The van der Waals surface area contributed by atoms with E-state index in [0.717, 1.165) is 25.1 Å². The molecule has 3 atom stereocenters. The fourth-order valence-corrected chi connectivity index (χ4v) is 3.30. The number of likely N-dealkylation sites (tertiary alicyclic amines) is 1. The van der Waals surface area contributed by atoms with Crippen molar-refractivity contribution in [3.8, 4) is 0 Å². The summed E-state index contributed by atoms with van der Waals surface area (Å²) in [5.41, 5.74) is 0.858. The van der Waals surface area contributed by atoms with Crippen LogP contribution in [0.4, 0.5) is 8.78 Å². The van der Waals surface area contributed by atoms with Gasteiger partial charge in [0.05, 0.1) is 0 Å². The number of hydrogen-bond acceptors (Lipinski definition) is 2. The average molecular weight is 303 g/mol. The van der Waals surface area contributed by atoms with Crippen LogP contribution in [0.3, 0.4) is 0 Å². The van der Waals surface area contributed by atoms with E-state index < -0.39 is 11.6 Å². The molecule has 2 saturated heterocycles. The molecule has 1 N–H and O–H groups in total. The van der Waals surface area contributed by atoms with Gasteiger partial charge in [0.15, 0.2) is 11.6 Å². The molecule has 0 amide bonds. The van der Waals surface area contributed by atoms with Gasteiger partial charge in [-0.3, -0.25) is 4.90 Å². The summed E-state index contributed by atoms with van der Waals surface area (Å²) < 4.78 is 26.3. The Labute approximate surface area is 124 Å². The van der Waals surface area contributed by atoms with Crippen molar-refractivity contribution >= 4 is 12.4 Å². The van der Waals surface area contributed by atoms with Crippen molar-refractivity contribution in [3.05, 3.63) is 35.4 Å². The lowest BCUT2D eigenvalue weighted by atomic mass is 10.0. The van der Waals surface area contributed by atoms with Crippen LogP contribution < -0.4 is 5.32 Å². The van der Waals surface area contributed by atoms with Crippen molar-refractivity contribution in [2.45, 2.75) is 44.3 Å². The largest absolute Gasteiger partial charge is 0.310 e. The number of fused-ring (bicyclic) bond motifs is 2. The van der Waals surface area contributed by atoms with Gasteiger partial charge in [0.25, 0.3) is 0 Å². The predicted molar refractivity (Wildman–Crippen MR) is 78.2 cm³/mol. The molecule has 2 heterocycles. The smallest absolute Gasteiger partial charge is 0.159 e. The maximum Gasteiger partial charge on any atom is 0.159 e. The third-order valence-corrected chi connectivity index (χ3v) is 4.53. The molecule has 2 aliphatic heterocycles. The van der Waals surface area contributed by atoms with E-state index in [1.54, 1.807) is 6.07 Å². The van der Waals surface area contributed by atoms with Gasteiger partial charge in [-0.15, -0.1) is 12.4 Å². The van der Waals surface area contributed by atoms with Gasteiger partial charge in [-0.25, -0.2) is 8.78 Å². The molecule has 1 aromatic carbocycles. The molecule has 112 valence electrons. The van der Waals surface area contributed by atoms with Crippen LogP contribution in [-0.2, 0) is 0 Å². The first-order valence-corrected chi connectivity index (χ1v) is 7.08. The number of hydrogen-bond donors (Lipinski definition) is 1. The zero-order chi connectivity index (χ0) is 13.4. The Balaban J connectivity index is 0.00000147. The highest BCUT2D eigenvalue weighted by atomic mass is 35.5. The molecule has 5 heteroatoms. The molecule has 0 spiro atoms. The second-order valence-corrected chi connectivity index (χ2v) is 5.77. The van der Waals surface area contributed by atoms with Gasteiger partial charge in [0, 0.05) is 31.2 Å². The van der Waals surface area contributed by atoms with Gasteiger partial charge < -0.3 is 5.32 Å². The van der Waals surface area contributed by atoms with Crippen LogP contribution in [0.5, 0.6) is 0 Å². The van der Waals surface area contributed by atoms with E-state index in [2.05, 4.69) is 17.1 Å². The summed E-state index contributed by atoms with van der Waals surface area (Å²) in [6, 6.07) is 5.59. The van der Waals surface area contributed by atoms with Crippen LogP contribution in [0.15, 0.2) is 18.2 Å². The molecular formula is C15H21ClF2N2. The van der Waals surface area contributed by atoms with E-state index in [0.29, 0.717) is 12.1 Å². The van der Waals surface area contributed by atoms with E-state index in [-0.39, 0.29) is 18.4 Å². The van der Waals surface area contributed by atoms with E-state index in [1.165, 1.54) is 25.0 Å². The highest BCUT2D eigenvalue weighted by Gasteiger charge is 2.31. The molecule has 2 bridgehead atoms. The first-order chi connectivity index (χ1) is 9.13. The number of nitrogens with one attached hydrogen (secondary N) is 1. The summed E-state index contributed by atoms with van der Waals surface area (Å²) >= 11 is 0. The first kappa shape index (κ1) is 15.7. The normalized spacial score (nSPS) is 27.8. The molecule has 2 fully saturated rings. The topological polar surface area (TPSA) is 15.3 Å². The monoisotopic (exact) mass is 302 g/mol. The third kappa shape index (κ3) is 3.13. The first-order valence-electron chi connectivity index (χ1n) is 7.08. The Morgan fingerprint density at radius 1 is 1.15 bits per heavy atom. The summed E-state index contributed by atoms with van der Waals surface area (Å²) in [5, 5.41) is 3.63. The molecule has 1 aromatic rings. The second kappa shape index (κ2) is 6.37. The van der Waals surface area contributed by atoms with Crippen molar-refractivity contribution < 1.29 is 8.78 Å². The summed E-state index contributed by atoms with van der Waals surface area (Å²) in [6.07, 6.45) is 3.65. The van der Waals surface area contributed by atoms with E-state index in [1.807, 2.05) is 0 Å². The molecule has 2 nitrogen and oxygen atoms in total. The van der Waals surface area contributed by atoms with E-state index in [9.17, 15) is 8.78 Å². The van der Waals surface area contributed by atoms with Crippen molar-refractivity contribution in [2.24, 2.45) is 0 Å². The minimum Gasteiger partial charge on any atom is -0.310 e. The van der Waals surface area contributed by atoms with Gasteiger partial charge >= 0.3 is 0 Å². The van der Waals surface area contributed by atoms with E-state index >= 15 is 0 Å². The van der Waals surface area contributed by atoms with Gasteiger partial charge in [-0.1, -0.05) is 6.07 Å². The molecule has 3 rings (SSSR count). The zero-order valence-corrected chi connectivity index (χ0v) is 12.4. The summed E-state index contributed by atoms with van der Waals surface area (Å²) in [5.74, 6) is -1.52. The summed E-state index contributed by atoms with van der Waals surface area (Å²) in [6.45, 7) is 4.09. The Hall–Kier alpha value is -0.710. The maximum atomic E-state index is 13.3. The lowest BCUT2D eigenvalue weighted by Crippen LogP contribution is -2.36. The number of nitrogens with zero attached hydrogens (tertiary/aromatic N) is 1. The van der Waals surface area contributed by atoms with Gasteiger partial charge in [-0.2, -0.15) is 0 Å². The molecule has 20 heavy (non-hydrogen) atoms. The SMILES string of the molecule is CC(c1ccc(F)c(F)c1)N1CCC2CCC(C1)N2.Cl. The number of halogens is 3. The Bertz CT molecular complexity index is 469. The van der Waals surface area contributed by atoms with Crippen molar-refractivity contribution in [3.63, 3.8) is 0 Å². The third-order valence-electron chi connectivity index (χ3n) is 4.53. The van der Waals surface area contributed by atoms with Crippen molar-refractivity contribution in [1.82, 2.24) is 10.2 Å². The van der Waals surface area contributed by atoms with Crippen LogP contribution in [0, 0.1) is 11.6 Å². The summed E-state index contributed by atoms with van der Waals surface area (Å²) in [7, 11) is 0. The van der Waals surface area contributed by atoms with Crippen molar-refractivity contribution in [2.75, 3.05) is 13.1 Å². The number of rotatable bonds is 2. The van der Waals surface area contributed by atoms with Crippen LogP contribution >= 0.6 is 12.4 Å². The van der Waals surface area contributed by atoms with Gasteiger partial charge in [0.2, 0.25) is 0 Å². The highest BCUT2D eigenvalue weighted by Crippen LogP contribution is 2.27. The fourth-order valence-electron chi connectivity index (χ4n) is 3.30. The number of benzene rings is 1. The van der Waals surface area contributed by atoms with Crippen LogP contribution in [0.2, 0.25) is 0 Å². The predicted octanol–water partition coefficient (Wildman–Crippen LogP) is 3.27. The quantitative estimate of drug-likeness (QED) is 0.902. The molecule has 3 unspecified atom stereocenters. The fraction of sp³-hybridized carbons (Fsp3) is 0.600. The van der Waals surface area contributed by atoms with E-state index in [4.69, 9.17) is 0 Å². The molecule has 0 aromatic heterocycles. The molecule has 0 aliphatic carbocycles. The maximum absolute atomic E-state index is 13.3. The average Bonchev–Trinajstić information content (AvgIpc) is 2.72. The minimum absolute atomic E-state index is 0. The molecule has 0 saturated carbocycles. The minimum atomic E-state index is -0.771. The van der Waals surface area contributed by atoms with Gasteiger partial charge in [-0.05, 0) is 43.9 Å². The molecule has 0 radical (unpaired) electrons. The van der Waals surface area contributed by atoms with Crippen molar-refractivity contribution in [1.29, 1.82) is 0 Å². The highest BCUT2D eigenvalue weighted by molar-refractivity contribution is 5.85. The lowest BCUT2D eigenvalue weighted by Gasteiger charge is -2.30. The Kier molecular flexibility index (Phi) is 4.99.